The number of carbonyl (C=O) groups excluding carboxylic acids is 1. The smallest absolute Gasteiger partial charge is 0.341 e. The van der Waals surface area contributed by atoms with Gasteiger partial charge in [0, 0.05) is 18.0 Å². The lowest BCUT2D eigenvalue weighted by molar-refractivity contribution is 0.0526. The number of esters is 1. The molecular weight excluding hydrogens is 224 g/mol. The fourth-order valence-electron chi connectivity index (χ4n) is 1.98. The molecule has 2 heterocycles. The lowest BCUT2D eigenvalue weighted by atomic mass is 10.0. The molecule has 0 amide bonds. The highest BCUT2D eigenvalue weighted by Crippen LogP contribution is 2.35. The van der Waals surface area contributed by atoms with Crippen molar-refractivity contribution in [3.8, 4) is 0 Å². The van der Waals surface area contributed by atoms with E-state index in [1.54, 1.807) is 6.92 Å². The Hall–Kier alpha value is -1.07. The first-order valence-corrected chi connectivity index (χ1v) is 6.20. The normalized spacial score (nSPS) is 15.9. The summed E-state index contributed by atoms with van der Waals surface area (Å²) >= 11 is 1.51. The number of carbonyl (C=O) groups is 1. The van der Waals surface area contributed by atoms with Gasteiger partial charge in [-0.15, -0.1) is 11.3 Å². The summed E-state index contributed by atoms with van der Waals surface area (Å²) in [6.07, 6.45) is 0.883. The number of hydrogen-bond donors (Lipinski definition) is 1. The standard InChI is InChI=1S/C11H16N2O2S/c1-3-15-11(14)9-7-4-5-13(2)6-8(7)16-10(9)12/h3-6,12H2,1-2H3. The fourth-order valence-corrected chi connectivity index (χ4v) is 3.17. The average Bonchev–Trinajstić information content (AvgIpc) is 2.53. The van der Waals surface area contributed by atoms with Crippen LogP contribution in [0.2, 0.25) is 0 Å². The Bertz CT molecular complexity index is 414. The molecule has 2 rings (SSSR count). The van der Waals surface area contributed by atoms with Gasteiger partial charge in [-0.3, -0.25) is 0 Å². The third kappa shape index (κ3) is 1.92. The van der Waals surface area contributed by atoms with Gasteiger partial charge in [-0.25, -0.2) is 4.79 Å². The highest BCUT2D eigenvalue weighted by atomic mass is 32.1. The number of nitrogens with zero attached hydrogens (tertiary/aromatic N) is 1. The lowest BCUT2D eigenvalue weighted by Crippen LogP contribution is -2.26. The molecule has 0 saturated carbocycles. The first kappa shape index (κ1) is 11.4. The molecule has 1 aliphatic rings. The summed E-state index contributed by atoms with van der Waals surface area (Å²) < 4.78 is 5.03. The molecule has 4 nitrogen and oxygen atoms in total. The maximum Gasteiger partial charge on any atom is 0.341 e. The highest BCUT2D eigenvalue weighted by molar-refractivity contribution is 7.16. The van der Waals surface area contributed by atoms with Gasteiger partial charge in [0.2, 0.25) is 0 Å². The molecule has 0 atom stereocenters. The summed E-state index contributed by atoms with van der Waals surface area (Å²) in [7, 11) is 2.07. The lowest BCUT2D eigenvalue weighted by Gasteiger charge is -2.22. The van der Waals surface area contributed by atoms with Crippen molar-refractivity contribution < 1.29 is 9.53 Å². The minimum atomic E-state index is -0.276. The van der Waals surface area contributed by atoms with Crippen LogP contribution < -0.4 is 5.73 Å². The van der Waals surface area contributed by atoms with Gasteiger partial charge in [-0.05, 0) is 26.0 Å². The maximum atomic E-state index is 11.8. The number of nitrogen functional groups attached to an aromatic ring is 1. The first-order valence-electron chi connectivity index (χ1n) is 5.39. The van der Waals surface area contributed by atoms with E-state index >= 15 is 0 Å². The molecular formula is C11H16N2O2S. The largest absolute Gasteiger partial charge is 0.462 e. The van der Waals surface area contributed by atoms with Gasteiger partial charge in [0.25, 0.3) is 0 Å². The van der Waals surface area contributed by atoms with Crippen molar-refractivity contribution >= 4 is 22.3 Å². The predicted molar refractivity (Wildman–Crippen MR) is 64.7 cm³/mol. The molecule has 0 bridgehead atoms. The zero-order chi connectivity index (χ0) is 11.7. The fraction of sp³-hybridized carbons (Fsp3) is 0.545. The number of hydrogen-bond acceptors (Lipinski definition) is 5. The van der Waals surface area contributed by atoms with Crippen LogP contribution in [0.15, 0.2) is 0 Å². The Morgan fingerprint density at radius 2 is 2.38 bits per heavy atom. The number of fused-ring (bicyclic) bond motifs is 1. The van der Waals surface area contributed by atoms with Crippen molar-refractivity contribution in [1.82, 2.24) is 4.90 Å². The van der Waals surface area contributed by atoms with Gasteiger partial charge in [0.05, 0.1) is 12.2 Å². The van der Waals surface area contributed by atoms with E-state index in [0.717, 1.165) is 25.1 Å². The van der Waals surface area contributed by atoms with Gasteiger partial charge in [0.1, 0.15) is 5.00 Å². The number of likely N-dealkylation sites (N-methyl/N-ethyl adjacent to an activating group) is 1. The predicted octanol–water partition coefficient (Wildman–Crippen LogP) is 1.49. The molecule has 0 fully saturated rings. The van der Waals surface area contributed by atoms with Gasteiger partial charge in [-0.1, -0.05) is 0 Å². The quantitative estimate of drug-likeness (QED) is 0.796. The Labute approximate surface area is 99.0 Å². The third-order valence-corrected chi connectivity index (χ3v) is 3.80. The average molecular weight is 240 g/mol. The number of thiophene rings is 1. The molecule has 0 saturated heterocycles. The molecule has 0 aliphatic carbocycles. The summed E-state index contributed by atoms with van der Waals surface area (Å²) in [5, 5.41) is 0.596. The number of nitrogens with two attached hydrogens (primary N) is 1. The summed E-state index contributed by atoms with van der Waals surface area (Å²) in [5.41, 5.74) is 7.60. The van der Waals surface area contributed by atoms with Crippen molar-refractivity contribution in [2.45, 2.75) is 19.9 Å². The summed E-state index contributed by atoms with van der Waals surface area (Å²) in [4.78, 5) is 15.2. The molecule has 0 unspecified atom stereocenters. The van der Waals surface area contributed by atoms with E-state index in [1.807, 2.05) is 0 Å². The van der Waals surface area contributed by atoms with E-state index in [1.165, 1.54) is 16.2 Å². The molecule has 88 valence electrons. The van der Waals surface area contributed by atoms with Crippen LogP contribution in [0.1, 0.15) is 27.7 Å². The summed E-state index contributed by atoms with van der Waals surface area (Å²) in [6.45, 7) is 4.04. The Kier molecular flexibility index (Phi) is 3.16. The molecule has 16 heavy (non-hydrogen) atoms. The topological polar surface area (TPSA) is 55.6 Å². The van der Waals surface area contributed by atoms with Crippen LogP contribution in [-0.4, -0.2) is 31.1 Å². The Morgan fingerprint density at radius 3 is 3.06 bits per heavy atom. The molecule has 0 aromatic carbocycles. The van der Waals surface area contributed by atoms with E-state index in [0.29, 0.717) is 17.2 Å². The second-order valence-electron chi connectivity index (χ2n) is 3.95. The van der Waals surface area contributed by atoms with E-state index in [9.17, 15) is 4.79 Å². The third-order valence-electron chi connectivity index (χ3n) is 2.75. The Balaban J connectivity index is 2.35. The zero-order valence-corrected chi connectivity index (χ0v) is 10.4. The SMILES string of the molecule is CCOC(=O)c1c(N)sc2c1CCN(C)C2. The highest BCUT2D eigenvalue weighted by Gasteiger charge is 2.26. The number of rotatable bonds is 2. The minimum Gasteiger partial charge on any atom is -0.462 e. The van der Waals surface area contributed by atoms with Crippen molar-refractivity contribution in [2.24, 2.45) is 0 Å². The molecule has 5 heteroatoms. The van der Waals surface area contributed by atoms with Crippen LogP contribution in [0, 0.1) is 0 Å². The summed E-state index contributed by atoms with van der Waals surface area (Å²) in [5.74, 6) is -0.276. The van der Waals surface area contributed by atoms with Crippen LogP contribution in [0.4, 0.5) is 5.00 Å². The van der Waals surface area contributed by atoms with Gasteiger partial charge in [0.15, 0.2) is 0 Å². The van der Waals surface area contributed by atoms with Gasteiger partial charge < -0.3 is 15.4 Å². The van der Waals surface area contributed by atoms with Crippen LogP contribution in [0.5, 0.6) is 0 Å². The van der Waals surface area contributed by atoms with Crippen LogP contribution in [0.3, 0.4) is 0 Å². The van der Waals surface area contributed by atoms with E-state index in [-0.39, 0.29) is 5.97 Å². The number of anilines is 1. The molecule has 2 N–H and O–H groups in total. The molecule has 1 aromatic rings. The van der Waals surface area contributed by atoms with Crippen LogP contribution >= 0.6 is 11.3 Å². The summed E-state index contributed by atoms with van der Waals surface area (Å²) in [6, 6.07) is 0. The Morgan fingerprint density at radius 1 is 1.62 bits per heavy atom. The molecule has 0 spiro atoms. The monoisotopic (exact) mass is 240 g/mol. The number of ether oxygens (including phenoxy) is 1. The second kappa shape index (κ2) is 4.43. The van der Waals surface area contributed by atoms with E-state index in [4.69, 9.17) is 10.5 Å². The minimum absolute atomic E-state index is 0.276. The van der Waals surface area contributed by atoms with Crippen LogP contribution in [-0.2, 0) is 17.7 Å². The van der Waals surface area contributed by atoms with Crippen molar-refractivity contribution in [3.63, 3.8) is 0 Å². The molecule has 1 aromatic heterocycles. The van der Waals surface area contributed by atoms with Gasteiger partial charge in [-0.2, -0.15) is 0 Å². The first-order chi connectivity index (χ1) is 7.63. The molecule has 0 radical (unpaired) electrons. The maximum absolute atomic E-state index is 11.8. The van der Waals surface area contributed by atoms with Crippen molar-refractivity contribution in [2.75, 3.05) is 25.9 Å². The van der Waals surface area contributed by atoms with E-state index in [2.05, 4.69) is 11.9 Å². The van der Waals surface area contributed by atoms with Crippen molar-refractivity contribution in [3.05, 3.63) is 16.0 Å². The van der Waals surface area contributed by atoms with Crippen molar-refractivity contribution in [1.29, 1.82) is 0 Å². The zero-order valence-electron chi connectivity index (χ0n) is 9.58. The second-order valence-corrected chi connectivity index (χ2v) is 5.09. The molecule has 1 aliphatic heterocycles. The van der Waals surface area contributed by atoms with E-state index < -0.39 is 0 Å². The van der Waals surface area contributed by atoms with Gasteiger partial charge >= 0.3 is 5.97 Å². The van der Waals surface area contributed by atoms with Crippen LogP contribution in [0.25, 0.3) is 0 Å².